The largest absolute Gasteiger partial charge is 0.490 e. The molecule has 0 aliphatic carbocycles. The van der Waals surface area contributed by atoms with Crippen molar-refractivity contribution in [3.63, 3.8) is 0 Å². The van der Waals surface area contributed by atoms with Gasteiger partial charge in [0, 0.05) is 26.1 Å². The van der Waals surface area contributed by atoms with E-state index in [9.17, 15) is 62.7 Å². The molecule has 10 heterocycles. The number of phosphoric ester groups is 3. The fourth-order valence-electron chi connectivity index (χ4n) is 9.89. The van der Waals surface area contributed by atoms with Gasteiger partial charge in [-0.2, -0.15) is 13.6 Å². The summed E-state index contributed by atoms with van der Waals surface area (Å²) in [7, 11) is -20.8. The summed E-state index contributed by atoms with van der Waals surface area (Å²) in [6, 6.07) is 0. The molecule has 6 aromatic rings. The molecule has 6 aromatic heterocycles. The number of anilines is 3. The Morgan fingerprint density at radius 1 is 0.707 bits per heavy atom. The van der Waals surface area contributed by atoms with Crippen LogP contribution in [0.4, 0.5) is 17.7 Å². The van der Waals surface area contributed by atoms with E-state index >= 15 is 0 Å². The minimum absolute atomic E-state index is 0.0132. The number of aryl methyl sites for hydroxylation is 1. The molecule has 0 bridgehead atoms. The predicted molar refractivity (Wildman–Crippen MR) is 268 cm³/mol. The fourth-order valence-corrected chi connectivity index (χ4v) is 14.4. The van der Waals surface area contributed by atoms with Gasteiger partial charge in [-0.05, 0) is 13.0 Å². The number of aromatic nitrogens is 12. The average molecular weight is 1240 g/mol. The SMILES string of the molecule is CO[C@@H]1[C@H](OP(=O)(O)OC[C@H]2O[C@@H](n3cnc4c(=O)[nH]c(N)nc43)[C@H](O)[C@@H]2O)[C@@H](COP(=O)(O)OP(=O)(O)OP(=O)(O)OC[C@H]2OC([n+]3cn(C)c4c(=O)[nH]c(N)nc43)[C@H](O)[C@@H]2CCN2CCOCC2)O[C@H]1n1cnc2c(N)ncnc21. The number of nitrogens with zero attached hydrogens (tertiary/aromatic N) is 11. The Morgan fingerprint density at radius 3 is 2.01 bits per heavy atom. The molecule has 4 fully saturated rings. The number of fused-ring (bicyclic) bond motifs is 3. The Hall–Kier alpha value is -5.19. The molecule has 450 valence electrons. The third-order valence-corrected chi connectivity index (χ3v) is 18.9. The van der Waals surface area contributed by atoms with Crippen molar-refractivity contribution < 1.29 is 108 Å². The van der Waals surface area contributed by atoms with Crippen LogP contribution in [0.5, 0.6) is 0 Å². The molecule has 0 spiro atoms. The molecule has 82 heavy (non-hydrogen) atoms. The predicted octanol–water partition coefficient (Wildman–Crippen LogP) is -3.73. The molecule has 16 atom stereocenters. The Kier molecular flexibility index (Phi) is 17.1. The lowest BCUT2D eigenvalue weighted by molar-refractivity contribution is -0.745. The van der Waals surface area contributed by atoms with Crippen molar-refractivity contribution in [2.45, 2.75) is 73.9 Å². The third-order valence-electron chi connectivity index (χ3n) is 13.6. The van der Waals surface area contributed by atoms with E-state index in [1.807, 2.05) is 4.90 Å². The first-order valence-electron chi connectivity index (χ1n) is 24.3. The minimum atomic E-state index is -6.19. The van der Waals surface area contributed by atoms with Gasteiger partial charge in [-0.1, -0.05) is 4.98 Å². The highest BCUT2D eigenvalue weighted by Crippen LogP contribution is 2.68. The van der Waals surface area contributed by atoms with Crippen molar-refractivity contribution in [3.8, 4) is 0 Å². The lowest BCUT2D eigenvalue weighted by atomic mass is 9.94. The maximum atomic E-state index is 13.8. The van der Waals surface area contributed by atoms with Crippen LogP contribution in [0, 0.1) is 5.92 Å². The number of nitrogens with two attached hydrogens (primary N) is 3. The Balaban J connectivity index is 0.813. The average Bonchev–Trinajstić information content (AvgIpc) is 3.91. The van der Waals surface area contributed by atoms with Crippen molar-refractivity contribution in [1.29, 1.82) is 0 Å². The van der Waals surface area contributed by atoms with Crippen LogP contribution in [0.2, 0.25) is 0 Å². The topological polar surface area (TPSA) is 554 Å². The number of nitrogen functional groups attached to an aromatic ring is 3. The minimum Gasteiger partial charge on any atom is -0.387 e. The summed E-state index contributed by atoms with van der Waals surface area (Å²) >= 11 is 0. The second kappa shape index (κ2) is 23.3. The highest BCUT2D eigenvalue weighted by molar-refractivity contribution is 7.66. The van der Waals surface area contributed by atoms with E-state index in [0.717, 1.165) is 30.7 Å². The first-order chi connectivity index (χ1) is 38.7. The summed E-state index contributed by atoms with van der Waals surface area (Å²) in [5.74, 6) is -1.52. The number of aliphatic hydroxyl groups is 3. The van der Waals surface area contributed by atoms with Crippen molar-refractivity contribution >= 4 is 82.5 Å². The van der Waals surface area contributed by atoms with Crippen LogP contribution in [0.15, 0.2) is 34.9 Å². The van der Waals surface area contributed by atoms with Gasteiger partial charge in [-0.15, -0.1) is 0 Å². The van der Waals surface area contributed by atoms with Crippen molar-refractivity contribution in [2.75, 3.05) is 77.0 Å². The van der Waals surface area contributed by atoms with Crippen LogP contribution in [0.25, 0.3) is 33.5 Å². The van der Waals surface area contributed by atoms with Crippen LogP contribution < -0.4 is 32.9 Å². The van der Waals surface area contributed by atoms with Gasteiger partial charge < -0.3 is 75.8 Å². The number of imidazole rings is 3. The highest BCUT2D eigenvalue weighted by atomic mass is 31.3. The van der Waals surface area contributed by atoms with Gasteiger partial charge in [-0.3, -0.25) is 56.3 Å². The number of rotatable bonds is 22. The van der Waals surface area contributed by atoms with Gasteiger partial charge >= 0.3 is 36.9 Å². The molecular formula is C38H55N16O24P4+. The summed E-state index contributed by atoms with van der Waals surface area (Å²) in [5, 5.41) is 33.5. The molecule has 4 saturated heterocycles. The Bertz CT molecular complexity index is 3660. The standard InChI is InChI=1S/C38H54N16O24P4/c1-50-15-54(31-22(50)33(59)49-38(41)47-31)34-23(55)16(3-4-51-5-7-69-8-6-51)17(73-34)9-71-80(62,63)77-82(66,67)78-81(64,65)72-11-19-26(27(68-2)36(75-19)52-13-44-20-28(39)42-12-43-29(20)52)76-79(60,61)70-10-18-24(56)25(57)35(74-18)53-14-45-21-30(53)46-37(40)48-32(21)58/h12-19,23-27,34-36,55-57H,3-11H2,1-2H3,(H11-,39,40,41,42,43,46,47,48,49,58,59,60,61,62,63,64,65,66,67)/p+1/t16-,17-,18-,19-,23-,24-,25-,26-,27-,34?,35-,36-/m1/s1. The molecule has 0 amide bonds. The molecule has 44 heteroatoms. The van der Waals surface area contributed by atoms with Gasteiger partial charge in [0.15, 0.2) is 41.4 Å². The smallest absolute Gasteiger partial charge is 0.387 e. The van der Waals surface area contributed by atoms with Gasteiger partial charge in [-0.25, -0.2) is 42.8 Å². The van der Waals surface area contributed by atoms with Gasteiger partial charge in [0.2, 0.25) is 17.7 Å². The van der Waals surface area contributed by atoms with Crippen LogP contribution in [-0.2, 0) is 75.7 Å². The Morgan fingerprint density at radius 2 is 1.32 bits per heavy atom. The molecule has 40 nitrogen and oxygen atoms in total. The molecule has 15 N–H and O–H groups in total. The van der Waals surface area contributed by atoms with E-state index in [1.54, 1.807) is 0 Å². The van der Waals surface area contributed by atoms with E-state index in [0.29, 0.717) is 32.8 Å². The van der Waals surface area contributed by atoms with E-state index in [-0.39, 0.29) is 57.6 Å². The van der Waals surface area contributed by atoms with E-state index in [4.69, 9.17) is 59.0 Å². The zero-order chi connectivity index (χ0) is 58.8. The maximum absolute atomic E-state index is 13.8. The number of H-pyrrole nitrogens is 2. The highest BCUT2D eigenvalue weighted by Gasteiger charge is 2.54. The number of aromatic amines is 2. The molecule has 0 radical (unpaired) electrons. The Labute approximate surface area is 458 Å². The first-order valence-corrected chi connectivity index (χ1v) is 30.3. The number of morpholine rings is 1. The third kappa shape index (κ3) is 12.5. The lowest BCUT2D eigenvalue weighted by Gasteiger charge is -2.29. The van der Waals surface area contributed by atoms with E-state index in [1.165, 1.54) is 27.1 Å². The number of hydrogen-bond acceptors (Lipinski definition) is 30. The fraction of sp³-hybridized carbons (Fsp3) is 0.605. The number of aliphatic hydroxyl groups excluding tert-OH is 3. The number of methoxy groups -OCH3 is 1. The quantitative estimate of drug-likeness (QED) is 0.0230. The zero-order valence-corrected chi connectivity index (χ0v) is 46.2. The lowest BCUT2D eigenvalue weighted by Crippen LogP contribution is -2.45. The monoisotopic (exact) mass is 1240 g/mol. The molecule has 4 aliphatic rings. The number of nitrogens with one attached hydrogen (secondary N) is 2. The summed E-state index contributed by atoms with van der Waals surface area (Å²) in [4.78, 5) is 99.3. The number of phosphoric acid groups is 4. The summed E-state index contributed by atoms with van der Waals surface area (Å²) in [6.07, 6.45) is -12.4. The van der Waals surface area contributed by atoms with Crippen LogP contribution in [0.3, 0.4) is 0 Å². The van der Waals surface area contributed by atoms with Crippen molar-refractivity contribution in [3.05, 3.63) is 46.0 Å². The normalized spacial score (nSPS) is 30.3. The van der Waals surface area contributed by atoms with Gasteiger partial charge in [0.05, 0.1) is 58.8 Å². The first kappa shape index (κ1) is 60.0. The second-order valence-electron chi connectivity index (χ2n) is 18.9. The molecule has 0 aromatic carbocycles. The maximum Gasteiger partial charge on any atom is 0.490 e. The summed E-state index contributed by atoms with van der Waals surface area (Å²) < 4.78 is 117. The summed E-state index contributed by atoms with van der Waals surface area (Å²) in [5.41, 5.74) is 15.9. The van der Waals surface area contributed by atoms with Crippen LogP contribution in [0.1, 0.15) is 25.1 Å². The zero-order valence-electron chi connectivity index (χ0n) is 42.6. The van der Waals surface area contributed by atoms with Crippen LogP contribution in [-0.4, -0.2) is 202 Å². The number of ether oxygens (including phenoxy) is 5. The molecule has 10 rings (SSSR count). The molecule has 5 unspecified atom stereocenters. The molecular weight excluding hydrogens is 1190 g/mol. The van der Waals surface area contributed by atoms with Crippen molar-refractivity contribution in [1.82, 2.24) is 58.5 Å². The van der Waals surface area contributed by atoms with E-state index in [2.05, 4.69) is 48.5 Å². The second-order valence-corrected chi connectivity index (χ2v) is 24.9. The van der Waals surface area contributed by atoms with Gasteiger partial charge in [0.1, 0.15) is 54.6 Å². The van der Waals surface area contributed by atoms with E-state index < -0.39 is 136 Å². The number of hydrogen-bond donors (Lipinski definition) is 12. The summed E-state index contributed by atoms with van der Waals surface area (Å²) in [6.45, 7) is -0.752. The van der Waals surface area contributed by atoms with Gasteiger partial charge in [0.25, 0.3) is 17.1 Å². The molecule has 4 aliphatic heterocycles. The molecule has 0 saturated carbocycles. The van der Waals surface area contributed by atoms with Crippen LogP contribution >= 0.6 is 31.3 Å². The van der Waals surface area contributed by atoms with Crippen molar-refractivity contribution in [2.24, 2.45) is 13.0 Å².